The predicted octanol–water partition coefficient (Wildman–Crippen LogP) is 2.26. The molecule has 104 valence electrons. The molecule has 1 saturated heterocycles. The molecule has 1 unspecified atom stereocenters. The first-order valence-electron chi connectivity index (χ1n) is 6.35. The molecule has 0 bridgehead atoms. The summed E-state index contributed by atoms with van der Waals surface area (Å²) in [7, 11) is 3.82. The average molecular weight is 267 g/mol. The van der Waals surface area contributed by atoms with Crippen LogP contribution in [0.2, 0.25) is 0 Å². The number of halogens is 1. The smallest absolute Gasteiger partial charge is 0.327 e. The Morgan fingerprint density at radius 1 is 1.53 bits per heavy atom. The molecule has 2 rings (SSSR count). The minimum atomic E-state index is -0.779. The molecule has 1 aliphatic rings. The Kier molecular flexibility index (Phi) is 3.99. The van der Waals surface area contributed by atoms with Crippen molar-refractivity contribution >= 4 is 11.4 Å². The van der Waals surface area contributed by atoms with Gasteiger partial charge >= 0.3 is 5.69 Å². The molecule has 0 aliphatic carbocycles. The van der Waals surface area contributed by atoms with E-state index in [1.54, 1.807) is 13.1 Å². The number of anilines is 1. The first kappa shape index (κ1) is 13.7. The number of rotatable bonds is 3. The monoisotopic (exact) mass is 267 g/mol. The number of hydrogen-bond acceptors (Lipinski definition) is 4. The summed E-state index contributed by atoms with van der Waals surface area (Å²) in [4.78, 5) is 14.4. The maximum Gasteiger partial charge on any atom is 0.327 e. The molecule has 0 N–H and O–H groups in total. The quantitative estimate of drug-likeness (QED) is 0.622. The highest BCUT2D eigenvalue weighted by Gasteiger charge is 2.28. The summed E-state index contributed by atoms with van der Waals surface area (Å²) in [6, 6.07) is 4.43. The van der Waals surface area contributed by atoms with E-state index >= 15 is 0 Å². The third-order valence-electron chi connectivity index (χ3n) is 3.68. The third-order valence-corrected chi connectivity index (χ3v) is 3.68. The zero-order valence-electron chi connectivity index (χ0n) is 11.2. The summed E-state index contributed by atoms with van der Waals surface area (Å²) in [5.41, 5.74) is -0.0801. The molecule has 1 aromatic carbocycles. The summed E-state index contributed by atoms with van der Waals surface area (Å²) in [6.45, 7) is 1.87. The van der Waals surface area contributed by atoms with Gasteiger partial charge in [-0.05, 0) is 38.6 Å². The number of likely N-dealkylation sites (tertiary alicyclic amines) is 1. The van der Waals surface area contributed by atoms with Gasteiger partial charge in [-0.1, -0.05) is 6.07 Å². The van der Waals surface area contributed by atoms with Gasteiger partial charge in [0.05, 0.1) is 4.92 Å². The van der Waals surface area contributed by atoms with Crippen molar-refractivity contribution in [2.24, 2.45) is 0 Å². The van der Waals surface area contributed by atoms with Gasteiger partial charge in [-0.15, -0.1) is 0 Å². The Morgan fingerprint density at radius 2 is 2.26 bits per heavy atom. The molecule has 1 fully saturated rings. The number of nitro benzene ring substituents is 1. The normalized spacial score (nSPS) is 20.3. The highest BCUT2D eigenvalue weighted by molar-refractivity contribution is 5.64. The van der Waals surface area contributed by atoms with Crippen molar-refractivity contribution in [3.63, 3.8) is 0 Å². The molecule has 0 spiro atoms. The number of benzene rings is 1. The van der Waals surface area contributed by atoms with Crippen LogP contribution in [-0.4, -0.2) is 43.0 Å². The molecule has 19 heavy (non-hydrogen) atoms. The highest BCUT2D eigenvalue weighted by atomic mass is 19.1. The van der Waals surface area contributed by atoms with E-state index in [1.165, 1.54) is 6.07 Å². The second kappa shape index (κ2) is 5.52. The van der Waals surface area contributed by atoms with Gasteiger partial charge in [-0.2, -0.15) is 4.39 Å². The second-order valence-corrected chi connectivity index (χ2v) is 5.03. The van der Waals surface area contributed by atoms with Gasteiger partial charge in [0.1, 0.15) is 5.69 Å². The van der Waals surface area contributed by atoms with Crippen molar-refractivity contribution in [3.05, 3.63) is 34.1 Å². The van der Waals surface area contributed by atoms with Gasteiger partial charge in [0, 0.05) is 19.6 Å². The van der Waals surface area contributed by atoms with E-state index in [1.807, 2.05) is 11.9 Å². The lowest BCUT2D eigenvalue weighted by Crippen LogP contribution is -2.45. The van der Waals surface area contributed by atoms with E-state index < -0.39 is 16.4 Å². The molecular weight excluding hydrogens is 249 g/mol. The summed E-state index contributed by atoms with van der Waals surface area (Å²) in [6.07, 6.45) is 2.02. The van der Waals surface area contributed by atoms with E-state index in [2.05, 4.69) is 4.90 Å². The molecule has 1 heterocycles. The zero-order valence-corrected chi connectivity index (χ0v) is 11.2. The van der Waals surface area contributed by atoms with Gasteiger partial charge in [0.15, 0.2) is 0 Å². The fourth-order valence-corrected chi connectivity index (χ4v) is 2.62. The van der Waals surface area contributed by atoms with Gasteiger partial charge < -0.3 is 9.80 Å². The van der Waals surface area contributed by atoms with Crippen molar-refractivity contribution in [2.75, 3.05) is 32.1 Å². The number of nitro groups is 1. The van der Waals surface area contributed by atoms with Crippen molar-refractivity contribution in [3.8, 4) is 0 Å². The topological polar surface area (TPSA) is 49.6 Å². The predicted molar refractivity (Wildman–Crippen MR) is 72.0 cm³/mol. The molecule has 0 aromatic heterocycles. The minimum absolute atomic E-state index is 0.180. The molecule has 1 aromatic rings. The summed E-state index contributed by atoms with van der Waals surface area (Å²) in [5, 5.41) is 11.0. The number of para-hydroxylation sites is 1. The standard InChI is InChI=1S/C13H18FN3O2/c1-15-8-4-5-10(9-15)16(2)12-7-3-6-11(14)13(12)17(18)19/h3,6-7,10H,4-5,8-9H2,1-2H3. The van der Waals surface area contributed by atoms with Crippen LogP contribution in [0.15, 0.2) is 18.2 Å². The van der Waals surface area contributed by atoms with Crippen LogP contribution in [0, 0.1) is 15.9 Å². The van der Waals surface area contributed by atoms with E-state index in [0.29, 0.717) is 5.69 Å². The lowest BCUT2D eigenvalue weighted by molar-refractivity contribution is -0.386. The van der Waals surface area contributed by atoms with Gasteiger partial charge in [-0.25, -0.2) is 0 Å². The Morgan fingerprint density at radius 3 is 2.89 bits per heavy atom. The number of piperidine rings is 1. The van der Waals surface area contributed by atoms with E-state index in [-0.39, 0.29) is 6.04 Å². The summed E-state index contributed by atoms with van der Waals surface area (Å²) < 4.78 is 13.6. The van der Waals surface area contributed by atoms with Crippen molar-refractivity contribution in [1.82, 2.24) is 4.90 Å². The van der Waals surface area contributed by atoms with E-state index in [0.717, 1.165) is 32.0 Å². The minimum Gasteiger partial charge on any atom is -0.365 e. The van der Waals surface area contributed by atoms with E-state index in [4.69, 9.17) is 0 Å². The van der Waals surface area contributed by atoms with Crippen LogP contribution >= 0.6 is 0 Å². The van der Waals surface area contributed by atoms with Crippen LogP contribution in [0.1, 0.15) is 12.8 Å². The van der Waals surface area contributed by atoms with Gasteiger partial charge in [0.25, 0.3) is 0 Å². The van der Waals surface area contributed by atoms with Crippen molar-refractivity contribution < 1.29 is 9.31 Å². The third kappa shape index (κ3) is 2.84. The maximum absolute atomic E-state index is 13.6. The number of likely N-dealkylation sites (N-methyl/N-ethyl adjacent to an activating group) is 2. The Bertz CT molecular complexity index is 481. The maximum atomic E-state index is 13.6. The summed E-state index contributed by atoms with van der Waals surface area (Å²) in [5.74, 6) is -0.779. The molecule has 6 heteroatoms. The molecule has 0 amide bonds. The van der Waals surface area contributed by atoms with Crippen LogP contribution in [0.5, 0.6) is 0 Å². The van der Waals surface area contributed by atoms with Crippen LogP contribution in [-0.2, 0) is 0 Å². The van der Waals surface area contributed by atoms with E-state index in [9.17, 15) is 14.5 Å². The SMILES string of the molecule is CN1CCCC(N(C)c2cccc(F)c2[N+](=O)[O-])C1. The van der Waals surface area contributed by atoms with Crippen molar-refractivity contribution in [1.29, 1.82) is 0 Å². The zero-order chi connectivity index (χ0) is 14.0. The fraction of sp³-hybridized carbons (Fsp3) is 0.538. The molecular formula is C13H18FN3O2. The first-order chi connectivity index (χ1) is 9.00. The molecule has 0 radical (unpaired) electrons. The first-order valence-corrected chi connectivity index (χ1v) is 6.35. The largest absolute Gasteiger partial charge is 0.365 e. The fourth-order valence-electron chi connectivity index (χ4n) is 2.62. The van der Waals surface area contributed by atoms with Crippen LogP contribution in [0.25, 0.3) is 0 Å². The number of nitrogens with zero attached hydrogens (tertiary/aromatic N) is 3. The molecule has 0 saturated carbocycles. The Hall–Kier alpha value is -1.69. The Balaban J connectivity index is 2.30. The number of hydrogen-bond donors (Lipinski definition) is 0. The average Bonchev–Trinajstić information content (AvgIpc) is 2.37. The second-order valence-electron chi connectivity index (χ2n) is 5.03. The molecule has 5 nitrogen and oxygen atoms in total. The van der Waals surface area contributed by atoms with Crippen LogP contribution in [0.3, 0.4) is 0 Å². The molecule has 1 atom stereocenters. The highest BCUT2D eigenvalue weighted by Crippen LogP contribution is 2.32. The van der Waals surface area contributed by atoms with Crippen molar-refractivity contribution in [2.45, 2.75) is 18.9 Å². The lowest BCUT2D eigenvalue weighted by atomic mass is 10.0. The molecule has 1 aliphatic heterocycles. The van der Waals surface area contributed by atoms with Gasteiger partial charge in [0.2, 0.25) is 5.82 Å². The Labute approximate surface area is 111 Å². The summed E-state index contributed by atoms with van der Waals surface area (Å²) >= 11 is 0. The van der Waals surface area contributed by atoms with Crippen LogP contribution < -0.4 is 4.90 Å². The van der Waals surface area contributed by atoms with Gasteiger partial charge in [-0.3, -0.25) is 10.1 Å². The lowest BCUT2D eigenvalue weighted by Gasteiger charge is -2.36. The van der Waals surface area contributed by atoms with Crippen LogP contribution in [0.4, 0.5) is 15.8 Å².